The molecule has 0 unspecified atom stereocenters. The Kier molecular flexibility index (Phi) is 5.12. The first-order chi connectivity index (χ1) is 16.1. The topological polar surface area (TPSA) is 112 Å². The fourth-order valence-corrected chi connectivity index (χ4v) is 4.12. The van der Waals surface area contributed by atoms with Gasteiger partial charge in [0.25, 0.3) is 0 Å². The van der Waals surface area contributed by atoms with Crippen LogP contribution in [0, 0.1) is 6.92 Å². The second-order valence-corrected chi connectivity index (χ2v) is 8.30. The van der Waals surface area contributed by atoms with Crippen molar-refractivity contribution in [3.8, 4) is 17.1 Å². The minimum absolute atomic E-state index is 0.0785. The van der Waals surface area contributed by atoms with E-state index in [1.807, 2.05) is 6.07 Å². The molecule has 12 heteroatoms. The van der Waals surface area contributed by atoms with E-state index in [1.165, 1.54) is 11.6 Å². The lowest BCUT2D eigenvalue weighted by Crippen LogP contribution is -2.28. The molecule has 1 saturated heterocycles. The molecule has 1 atom stereocenters. The lowest BCUT2D eigenvalue weighted by Gasteiger charge is -2.18. The van der Waals surface area contributed by atoms with Gasteiger partial charge in [-0.15, -0.1) is 0 Å². The van der Waals surface area contributed by atoms with E-state index in [0.29, 0.717) is 21.9 Å². The standard InChI is InChI=1S/C22H20F3N7O2/c1-11-17-13(9-31(2)30-17)6-16(18(11)34-21(33)22(23,24)25)20-27-7-12-5-15(8-28-19(12)29-20)32-4-3-14(26)10-32/h5-9,14H,3-4,10,26H2,1-2H3/t14-/m1/s1. The molecule has 0 amide bonds. The van der Waals surface area contributed by atoms with Crippen LogP contribution in [-0.2, 0) is 11.8 Å². The maximum Gasteiger partial charge on any atom is 0.491 e. The summed E-state index contributed by atoms with van der Waals surface area (Å²) in [4.78, 5) is 27.0. The van der Waals surface area contributed by atoms with Crippen molar-refractivity contribution >= 4 is 33.6 Å². The highest BCUT2D eigenvalue weighted by molar-refractivity contribution is 5.93. The molecular formula is C22H20F3N7O2. The van der Waals surface area contributed by atoms with Gasteiger partial charge in [0.1, 0.15) is 5.75 Å². The molecule has 176 valence electrons. The lowest BCUT2D eigenvalue weighted by molar-refractivity contribution is -0.189. The molecule has 1 fully saturated rings. The van der Waals surface area contributed by atoms with Crippen LogP contribution in [0.4, 0.5) is 18.9 Å². The molecule has 1 aliphatic heterocycles. The Balaban J connectivity index is 1.61. The van der Waals surface area contributed by atoms with E-state index in [0.717, 1.165) is 25.2 Å². The van der Waals surface area contributed by atoms with Gasteiger partial charge < -0.3 is 15.4 Å². The van der Waals surface area contributed by atoms with Crippen molar-refractivity contribution in [3.05, 3.63) is 36.3 Å². The van der Waals surface area contributed by atoms with Gasteiger partial charge in [0.2, 0.25) is 0 Å². The van der Waals surface area contributed by atoms with Crippen LogP contribution in [0.2, 0.25) is 0 Å². The summed E-state index contributed by atoms with van der Waals surface area (Å²) < 4.78 is 45.2. The van der Waals surface area contributed by atoms with Crippen molar-refractivity contribution < 1.29 is 22.7 Å². The molecule has 9 nitrogen and oxygen atoms in total. The molecule has 1 aliphatic rings. The Bertz CT molecular complexity index is 1430. The summed E-state index contributed by atoms with van der Waals surface area (Å²) in [7, 11) is 1.68. The number of halogens is 3. The van der Waals surface area contributed by atoms with Gasteiger partial charge in [0.15, 0.2) is 11.5 Å². The number of fused-ring (bicyclic) bond motifs is 2. The van der Waals surface area contributed by atoms with Crippen molar-refractivity contribution in [2.75, 3.05) is 18.0 Å². The Hall–Kier alpha value is -3.80. The predicted molar refractivity (Wildman–Crippen MR) is 118 cm³/mol. The number of anilines is 1. The molecule has 5 rings (SSSR count). The summed E-state index contributed by atoms with van der Waals surface area (Å²) in [6.07, 6.45) is 0.652. The molecular weight excluding hydrogens is 451 g/mol. The predicted octanol–water partition coefficient (Wildman–Crippen LogP) is 2.89. The van der Waals surface area contributed by atoms with Crippen LogP contribution in [0.25, 0.3) is 33.3 Å². The third kappa shape index (κ3) is 3.89. The molecule has 0 saturated carbocycles. The molecule has 0 aliphatic carbocycles. The molecule has 4 aromatic rings. The molecule has 0 radical (unpaired) electrons. The van der Waals surface area contributed by atoms with Crippen LogP contribution < -0.4 is 15.4 Å². The molecule has 1 aromatic carbocycles. The molecule has 2 N–H and O–H groups in total. The van der Waals surface area contributed by atoms with Gasteiger partial charge >= 0.3 is 12.1 Å². The number of hydrogen-bond donors (Lipinski definition) is 1. The number of benzene rings is 1. The number of carbonyl (C=O) groups is 1. The van der Waals surface area contributed by atoms with Gasteiger partial charge in [-0.25, -0.2) is 19.7 Å². The Morgan fingerprint density at radius 3 is 2.71 bits per heavy atom. The summed E-state index contributed by atoms with van der Waals surface area (Å²) in [5.74, 6) is -2.55. The van der Waals surface area contributed by atoms with Crippen LogP contribution in [0.15, 0.2) is 30.7 Å². The fraction of sp³-hybridized carbons (Fsp3) is 0.318. The van der Waals surface area contributed by atoms with Crippen LogP contribution in [0.5, 0.6) is 5.75 Å². The highest BCUT2D eigenvalue weighted by atomic mass is 19.4. The number of ether oxygens (including phenoxy) is 1. The Morgan fingerprint density at radius 2 is 2.00 bits per heavy atom. The smallest absolute Gasteiger partial charge is 0.419 e. The third-order valence-corrected chi connectivity index (χ3v) is 5.77. The van der Waals surface area contributed by atoms with E-state index < -0.39 is 12.1 Å². The molecule has 4 heterocycles. The Morgan fingerprint density at radius 1 is 1.21 bits per heavy atom. The van der Waals surface area contributed by atoms with Crippen LogP contribution in [0.1, 0.15) is 12.0 Å². The van der Waals surface area contributed by atoms with Gasteiger partial charge in [-0.1, -0.05) is 0 Å². The van der Waals surface area contributed by atoms with Crippen molar-refractivity contribution in [1.29, 1.82) is 0 Å². The van der Waals surface area contributed by atoms with E-state index in [2.05, 4.69) is 25.0 Å². The summed E-state index contributed by atoms with van der Waals surface area (Å²) in [6, 6.07) is 3.55. The molecule has 0 spiro atoms. The van der Waals surface area contributed by atoms with Crippen LogP contribution in [-0.4, -0.2) is 56.0 Å². The molecule has 3 aromatic heterocycles. The summed E-state index contributed by atoms with van der Waals surface area (Å²) in [5, 5.41) is 5.56. The minimum Gasteiger partial charge on any atom is -0.419 e. The van der Waals surface area contributed by atoms with Gasteiger partial charge in [-0.2, -0.15) is 18.3 Å². The van der Waals surface area contributed by atoms with Gasteiger partial charge in [-0.3, -0.25) is 4.68 Å². The number of rotatable bonds is 3. The first-order valence-corrected chi connectivity index (χ1v) is 10.5. The number of esters is 1. The zero-order valence-corrected chi connectivity index (χ0v) is 18.3. The number of nitrogens with two attached hydrogens (primary N) is 1. The maximum atomic E-state index is 13.0. The van der Waals surface area contributed by atoms with Crippen LogP contribution in [0.3, 0.4) is 0 Å². The summed E-state index contributed by atoms with van der Waals surface area (Å²) in [6.45, 7) is 3.08. The first kappa shape index (κ1) is 22.0. The number of aromatic nitrogens is 5. The number of alkyl halides is 3. The molecule has 0 bridgehead atoms. The van der Waals surface area contributed by atoms with E-state index >= 15 is 0 Å². The maximum absolute atomic E-state index is 13.0. The third-order valence-electron chi connectivity index (χ3n) is 5.77. The second kappa shape index (κ2) is 7.90. The number of nitrogens with zero attached hydrogens (tertiary/aromatic N) is 6. The highest BCUT2D eigenvalue weighted by Crippen LogP contribution is 2.38. The Labute approximate surface area is 191 Å². The second-order valence-electron chi connectivity index (χ2n) is 8.30. The number of hydrogen-bond acceptors (Lipinski definition) is 8. The normalized spacial score (nSPS) is 16.5. The summed E-state index contributed by atoms with van der Waals surface area (Å²) in [5.41, 5.74) is 8.04. The highest BCUT2D eigenvalue weighted by Gasteiger charge is 2.42. The monoisotopic (exact) mass is 471 g/mol. The fourth-order valence-electron chi connectivity index (χ4n) is 4.12. The van der Waals surface area contributed by atoms with Gasteiger partial charge in [0.05, 0.1) is 23.0 Å². The molecule has 34 heavy (non-hydrogen) atoms. The average Bonchev–Trinajstić information content (AvgIpc) is 3.39. The quantitative estimate of drug-likeness (QED) is 0.359. The SMILES string of the molecule is Cc1c(OC(=O)C(F)(F)F)c(-c2ncc3cc(N4CC[C@@H](N)C4)cnc3n2)cc2cn(C)nc12. The van der Waals surface area contributed by atoms with Crippen molar-refractivity contribution in [2.45, 2.75) is 25.6 Å². The lowest BCUT2D eigenvalue weighted by atomic mass is 10.0. The largest absolute Gasteiger partial charge is 0.491 e. The van der Waals surface area contributed by atoms with E-state index in [4.69, 9.17) is 10.5 Å². The number of aryl methyl sites for hydroxylation is 2. The van der Waals surface area contributed by atoms with Crippen molar-refractivity contribution in [2.24, 2.45) is 12.8 Å². The summed E-state index contributed by atoms with van der Waals surface area (Å²) >= 11 is 0. The van der Waals surface area contributed by atoms with E-state index in [1.54, 1.807) is 31.7 Å². The van der Waals surface area contributed by atoms with Crippen LogP contribution >= 0.6 is 0 Å². The minimum atomic E-state index is -5.16. The van der Waals surface area contributed by atoms with Crippen molar-refractivity contribution in [3.63, 3.8) is 0 Å². The number of carbonyl (C=O) groups excluding carboxylic acids is 1. The van der Waals surface area contributed by atoms with E-state index in [9.17, 15) is 18.0 Å². The number of pyridine rings is 1. The first-order valence-electron chi connectivity index (χ1n) is 10.5. The van der Waals surface area contributed by atoms with Gasteiger partial charge in [-0.05, 0) is 25.5 Å². The zero-order valence-electron chi connectivity index (χ0n) is 18.3. The van der Waals surface area contributed by atoms with E-state index in [-0.39, 0.29) is 28.7 Å². The van der Waals surface area contributed by atoms with Crippen molar-refractivity contribution in [1.82, 2.24) is 24.7 Å². The average molecular weight is 471 g/mol. The zero-order chi connectivity index (χ0) is 24.2. The van der Waals surface area contributed by atoms with Gasteiger partial charge in [0, 0.05) is 54.9 Å².